The van der Waals surface area contributed by atoms with E-state index in [1.54, 1.807) is 7.11 Å². The summed E-state index contributed by atoms with van der Waals surface area (Å²) in [6.07, 6.45) is 0. The fourth-order valence-corrected chi connectivity index (χ4v) is 3.43. The van der Waals surface area contributed by atoms with Gasteiger partial charge in [0, 0.05) is 5.56 Å². The second-order valence-electron chi connectivity index (χ2n) is 7.04. The third-order valence-corrected chi connectivity index (χ3v) is 4.94. The maximum atomic E-state index is 12.6. The van der Waals surface area contributed by atoms with E-state index in [0.29, 0.717) is 17.0 Å². The number of methoxy groups -OCH3 is 1. The lowest BCUT2D eigenvalue weighted by atomic mass is 9.96. The zero-order valence-corrected chi connectivity index (χ0v) is 15.9. The van der Waals surface area contributed by atoms with Gasteiger partial charge in [-0.1, -0.05) is 50.2 Å². The van der Waals surface area contributed by atoms with Crippen LogP contribution in [0.25, 0.3) is 33.4 Å². The van der Waals surface area contributed by atoms with E-state index in [2.05, 4.69) is 40.9 Å². The first kappa shape index (κ1) is 17.9. The summed E-state index contributed by atoms with van der Waals surface area (Å²) >= 11 is 0. The van der Waals surface area contributed by atoms with Gasteiger partial charge in [0.1, 0.15) is 11.4 Å². The molecule has 6 nitrogen and oxygen atoms in total. The minimum Gasteiger partial charge on any atom is -0.497 e. The zero-order chi connectivity index (χ0) is 19.8. The molecule has 0 aliphatic heterocycles. The second kappa shape index (κ2) is 6.88. The van der Waals surface area contributed by atoms with Crippen LogP contribution in [0.2, 0.25) is 0 Å². The van der Waals surface area contributed by atoms with Crippen molar-refractivity contribution in [1.29, 1.82) is 0 Å². The van der Waals surface area contributed by atoms with Crippen molar-refractivity contribution in [1.82, 2.24) is 15.0 Å². The Kier molecular flexibility index (Phi) is 4.39. The van der Waals surface area contributed by atoms with Crippen LogP contribution in [0.3, 0.4) is 0 Å². The van der Waals surface area contributed by atoms with Gasteiger partial charge >= 0.3 is 5.69 Å². The molecular formula is C22H21N3O3. The largest absolute Gasteiger partial charge is 0.497 e. The average Bonchev–Trinajstić information content (AvgIpc) is 3.07. The number of hydrogen-bond acceptors (Lipinski definition) is 3. The van der Waals surface area contributed by atoms with Crippen LogP contribution < -0.4 is 16.0 Å². The van der Waals surface area contributed by atoms with E-state index in [4.69, 9.17) is 4.74 Å². The van der Waals surface area contributed by atoms with Gasteiger partial charge in [0.15, 0.2) is 0 Å². The maximum absolute atomic E-state index is 12.6. The molecule has 0 amide bonds. The van der Waals surface area contributed by atoms with Crippen LogP contribution in [-0.2, 0) is 0 Å². The number of H-pyrrole nitrogens is 3. The van der Waals surface area contributed by atoms with Gasteiger partial charge in [-0.15, -0.1) is 0 Å². The highest BCUT2D eigenvalue weighted by Crippen LogP contribution is 2.37. The van der Waals surface area contributed by atoms with Crippen LogP contribution in [0.5, 0.6) is 5.75 Å². The molecule has 0 saturated heterocycles. The minimum absolute atomic E-state index is 0.405. The summed E-state index contributed by atoms with van der Waals surface area (Å²) in [6, 6.07) is 15.7. The Labute approximate surface area is 161 Å². The molecule has 0 unspecified atom stereocenters. The topological polar surface area (TPSA) is 90.7 Å². The van der Waals surface area contributed by atoms with Gasteiger partial charge in [-0.25, -0.2) is 4.79 Å². The SMILES string of the molecule is COc1ccc(-c2c(-c3ccc(C(C)C)cc3)[nH]c3[nH]c(=O)[nH]c(=O)c23)cc1. The lowest BCUT2D eigenvalue weighted by Gasteiger charge is -2.09. The monoisotopic (exact) mass is 375 g/mol. The molecule has 4 aromatic rings. The van der Waals surface area contributed by atoms with Crippen molar-refractivity contribution in [3.63, 3.8) is 0 Å². The molecule has 0 saturated carbocycles. The van der Waals surface area contributed by atoms with Crippen LogP contribution in [0.1, 0.15) is 25.3 Å². The summed E-state index contributed by atoms with van der Waals surface area (Å²) in [4.78, 5) is 32.6. The van der Waals surface area contributed by atoms with Crippen LogP contribution in [-0.4, -0.2) is 22.1 Å². The first-order valence-electron chi connectivity index (χ1n) is 9.11. The second-order valence-corrected chi connectivity index (χ2v) is 7.04. The molecular weight excluding hydrogens is 354 g/mol. The van der Waals surface area contributed by atoms with Crippen molar-refractivity contribution in [3.8, 4) is 28.1 Å². The van der Waals surface area contributed by atoms with E-state index >= 15 is 0 Å². The van der Waals surface area contributed by atoms with E-state index < -0.39 is 11.2 Å². The summed E-state index contributed by atoms with van der Waals surface area (Å²) in [5, 5.41) is 0.424. The highest BCUT2D eigenvalue weighted by molar-refractivity contribution is 6.01. The normalized spacial score (nSPS) is 11.3. The van der Waals surface area contributed by atoms with E-state index in [1.807, 2.05) is 36.4 Å². The first-order chi connectivity index (χ1) is 13.5. The fourth-order valence-electron chi connectivity index (χ4n) is 3.43. The number of nitrogens with one attached hydrogen (secondary N) is 3. The van der Waals surface area contributed by atoms with Crippen molar-refractivity contribution in [2.24, 2.45) is 0 Å². The van der Waals surface area contributed by atoms with E-state index in [1.165, 1.54) is 5.56 Å². The standard InChI is InChI=1S/C22H21N3O3/c1-12(2)13-4-6-15(7-5-13)19-17(14-8-10-16(28-3)11-9-14)18-20(23-19)24-22(27)25-21(18)26/h4-12H,1-3H3,(H3,23,24,25,26,27). The Balaban J connectivity index is 2.00. The van der Waals surface area contributed by atoms with Gasteiger partial charge in [-0.3, -0.25) is 14.8 Å². The van der Waals surface area contributed by atoms with Crippen molar-refractivity contribution < 1.29 is 4.74 Å². The molecule has 142 valence electrons. The molecule has 0 aliphatic carbocycles. The third-order valence-electron chi connectivity index (χ3n) is 4.94. The van der Waals surface area contributed by atoms with E-state index in [-0.39, 0.29) is 0 Å². The van der Waals surface area contributed by atoms with Crippen LogP contribution >= 0.6 is 0 Å². The quantitative estimate of drug-likeness (QED) is 0.503. The third kappa shape index (κ3) is 3.03. The number of fused-ring (bicyclic) bond motifs is 1. The number of aromatic amines is 3. The van der Waals surface area contributed by atoms with Gasteiger partial charge in [0.2, 0.25) is 0 Å². The molecule has 0 fully saturated rings. The summed E-state index contributed by atoms with van der Waals surface area (Å²) < 4.78 is 5.24. The number of aromatic nitrogens is 3. The first-order valence-corrected chi connectivity index (χ1v) is 9.11. The van der Waals surface area contributed by atoms with Crippen molar-refractivity contribution >= 4 is 11.0 Å². The van der Waals surface area contributed by atoms with Gasteiger partial charge in [-0.2, -0.15) is 0 Å². The number of hydrogen-bond donors (Lipinski definition) is 3. The average molecular weight is 375 g/mol. The van der Waals surface area contributed by atoms with E-state index in [9.17, 15) is 9.59 Å². The minimum atomic E-state index is -0.540. The fraction of sp³-hybridized carbons (Fsp3) is 0.182. The van der Waals surface area contributed by atoms with Crippen molar-refractivity contribution in [2.75, 3.05) is 7.11 Å². The summed E-state index contributed by atoms with van der Waals surface area (Å²) in [5.41, 5.74) is 3.99. The maximum Gasteiger partial charge on any atom is 0.327 e. The number of ether oxygens (including phenoxy) is 1. The van der Waals surface area contributed by atoms with Gasteiger partial charge in [0.25, 0.3) is 5.56 Å². The Hall–Kier alpha value is -3.54. The zero-order valence-electron chi connectivity index (χ0n) is 15.9. The predicted molar refractivity (Wildman–Crippen MR) is 111 cm³/mol. The molecule has 0 radical (unpaired) electrons. The van der Waals surface area contributed by atoms with E-state index in [0.717, 1.165) is 28.1 Å². The van der Waals surface area contributed by atoms with Gasteiger partial charge in [0.05, 0.1) is 18.2 Å². The lowest BCUT2D eigenvalue weighted by Crippen LogP contribution is -2.21. The molecule has 2 heterocycles. The Bertz CT molecular complexity index is 1240. The summed E-state index contributed by atoms with van der Waals surface area (Å²) in [6.45, 7) is 4.29. The molecule has 28 heavy (non-hydrogen) atoms. The molecule has 0 atom stereocenters. The highest BCUT2D eigenvalue weighted by atomic mass is 16.5. The Morgan fingerprint density at radius 2 is 1.46 bits per heavy atom. The summed E-state index contributed by atoms with van der Waals surface area (Å²) in [7, 11) is 1.61. The molecule has 2 aromatic carbocycles. The van der Waals surface area contributed by atoms with Gasteiger partial charge in [-0.05, 0) is 34.7 Å². The highest BCUT2D eigenvalue weighted by Gasteiger charge is 2.19. The molecule has 3 N–H and O–H groups in total. The molecule has 4 rings (SSSR count). The Morgan fingerprint density at radius 1 is 0.821 bits per heavy atom. The van der Waals surface area contributed by atoms with Gasteiger partial charge < -0.3 is 9.72 Å². The number of benzene rings is 2. The molecule has 0 spiro atoms. The van der Waals surface area contributed by atoms with Crippen LogP contribution in [0, 0.1) is 0 Å². The molecule has 0 aliphatic rings. The molecule has 6 heteroatoms. The Morgan fingerprint density at radius 3 is 2.07 bits per heavy atom. The summed E-state index contributed by atoms with van der Waals surface area (Å²) in [5.74, 6) is 1.16. The van der Waals surface area contributed by atoms with Crippen molar-refractivity contribution in [3.05, 3.63) is 74.9 Å². The van der Waals surface area contributed by atoms with Crippen LogP contribution in [0.15, 0.2) is 58.1 Å². The molecule has 2 aromatic heterocycles. The smallest absolute Gasteiger partial charge is 0.327 e. The number of rotatable bonds is 4. The lowest BCUT2D eigenvalue weighted by molar-refractivity contribution is 0.415. The van der Waals surface area contributed by atoms with Crippen molar-refractivity contribution in [2.45, 2.75) is 19.8 Å². The predicted octanol–water partition coefficient (Wildman–Crippen LogP) is 4.01. The van der Waals surface area contributed by atoms with Crippen LogP contribution in [0.4, 0.5) is 0 Å². The molecule has 0 bridgehead atoms.